The van der Waals surface area contributed by atoms with Gasteiger partial charge in [-0.2, -0.15) is 0 Å². The van der Waals surface area contributed by atoms with Crippen LogP contribution >= 0.6 is 15.9 Å². The molecular weight excluding hydrogens is 330 g/mol. The van der Waals surface area contributed by atoms with Gasteiger partial charge in [-0.25, -0.2) is 0 Å². The maximum absolute atomic E-state index is 12.4. The SMILES string of the molecule is CC(C)(C)OC(=O)C1C=CC=C2C1=Nc1ccc(Br)cc12. The van der Waals surface area contributed by atoms with Gasteiger partial charge in [-0.3, -0.25) is 9.79 Å². The van der Waals surface area contributed by atoms with Gasteiger partial charge in [0.1, 0.15) is 11.5 Å². The van der Waals surface area contributed by atoms with Gasteiger partial charge in [0.15, 0.2) is 0 Å². The first-order valence-electron chi connectivity index (χ1n) is 6.85. The van der Waals surface area contributed by atoms with Crippen LogP contribution in [-0.2, 0) is 9.53 Å². The van der Waals surface area contributed by atoms with Crippen LogP contribution in [-0.4, -0.2) is 17.3 Å². The monoisotopic (exact) mass is 345 g/mol. The number of hydrogen-bond donors (Lipinski definition) is 0. The number of fused-ring (bicyclic) bond motifs is 3. The smallest absolute Gasteiger partial charge is 0.319 e. The summed E-state index contributed by atoms with van der Waals surface area (Å²) in [6.07, 6.45) is 5.74. The predicted molar refractivity (Wildman–Crippen MR) is 87.7 cm³/mol. The largest absolute Gasteiger partial charge is 0.459 e. The van der Waals surface area contributed by atoms with Gasteiger partial charge < -0.3 is 4.74 Å². The summed E-state index contributed by atoms with van der Waals surface area (Å²) in [4.78, 5) is 17.0. The zero-order chi connectivity index (χ0) is 15.2. The van der Waals surface area contributed by atoms with E-state index >= 15 is 0 Å². The van der Waals surface area contributed by atoms with Gasteiger partial charge in [0, 0.05) is 15.6 Å². The lowest BCUT2D eigenvalue weighted by atomic mass is 9.89. The van der Waals surface area contributed by atoms with Gasteiger partial charge in [0.25, 0.3) is 0 Å². The van der Waals surface area contributed by atoms with Crippen molar-refractivity contribution >= 4 is 38.9 Å². The molecule has 1 heterocycles. The van der Waals surface area contributed by atoms with E-state index in [2.05, 4.69) is 20.9 Å². The van der Waals surface area contributed by atoms with E-state index in [-0.39, 0.29) is 5.97 Å². The van der Waals surface area contributed by atoms with Gasteiger partial charge in [-0.1, -0.05) is 34.2 Å². The number of aliphatic imine (C=N–C) groups is 1. The second-order valence-corrected chi connectivity index (χ2v) is 7.05. The van der Waals surface area contributed by atoms with Crippen LogP contribution in [0, 0.1) is 5.92 Å². The molecule has 1 unspecified atom stereocenters. The summed E-state index contributed by atoms with van der Waals surface area (Å²) >= 11 is 3.48. The molecule has 0 amide bonds. The fourth-order valence-corrected chi connectivity index (χ4v) is 2.83. The van der Waals surface area contributed by atoms with Crippen LogP contribution in [0.15, 0.2) is 45.9 Å². The first-order chi connectivity index (χ1) is 9.85. The van der Waals surface area contributed by atoms with Crippen molar-refractivity contribution in [2.75, 3.05) is 0 Å². The third-order valence-corrected chi connectivity index (χ3v) is 3.78. The predicted octanol–water partition coefficient (Wildman–Crippen LogP) is 4.45. The number of halogens is 1. The number of carbonyl (C=O) groups is 1. The van der Waals surface area contributed by atoms with Crippen LogP contribution in [0.1, 0.15) is 26.3 Å². The highest BCUT2D eigenvalue weighted by atomic mass is 79.9. The van der Waals surface area contributed by atoms with Gasteiger partial charge >= 0.3 is 5.97 Å². The quantitative estimate of drug-likeness (QED) is 0.705. The maximum atomic E-state index is 12.4. The zero-order valence-electron chi connectivity index (χ0n) is 12.2. The van der Waals surface area contributed by atoms with Crippen LogP contribution in [0.25, 0.3) is 5.57 Å². The zero-order valence-corrected chi connectivity index (χ0v) is 13.8. The van der Waals surface area contributed by atoms with Crippen LogP contribution in [0.3, 0.4) is 0 Å². The Balaban J connectivity index is 1.95. The molecule has 0 saturated heterocycles. The summed E-state index contributed by atoms with van der Waals surface area (Å²) in [5.41, 5.74) is 3.24. The van der Waals surface area contributed by atoms with Crippen molar-refractivity contribution in [1.82, 2.24) is 0 Å². The van der Waals surface area contributed by atoms with E-state index in [0.717, 1.165) is 27.0 Å². The fraction of sp³-hybridized carbons (Fsp3) is 0.294. The van der Waals surface area contributed by atoms with Gasteiger partial charge in [-0.05, 0) is 39.0 Å². The third kappa shape index (κ3) is 2.72. The molecule has 1 aliphatic carbocycles. The van der Waals surface area contributed by atoms with E-state index < -0.39 is 11.5 Å². The van der Waals surface area contributed by atoms with Crippen molar-refractivity contribution in [2.24, 2.45) is 10.9 Å². The number of esters is 1. The molecule has 0 aromatic heterocycles. The summed E-state index contributed by atoms with van der Waals surface area (Å²) in [6.45, 7) is 5.61. The molecule has 21 heavy (non-hydrogen) atoms. The summed E-state index contributed by atoms with van der Waals surface area (Å²) in [5.74, 6) is -0.689. The molecule has 1 atom stereocenters. The second-order valence-electron chi connectivity index (χ2n) is 6.13. The van der Waals surface area contributed by atoms with E-state index in [4.69, 9.17) is 4.74 Å². The molecule has 1 aromatic carbocycles. The van der Waals surface area contributed by atoms with E-state index in [1.54, 1.807) is 0 Å². The Kier molecular flexibility index (Phi) is 3.36. The molecule has 0 N–H and O–H groups in total. The Bertz CT molecular complexity index is 708. The number of carbonyl (C=O) groups excluding carboxylic acids is 1. The van der Waals surface area contributed by atoms with E-state index in [1.807, 2.05) is 57.2 Å². The fourth-order valence-electron chi connectivity index (χ4n) is 2.47. The topological polar surface area (TPSA) is 38.7 Å². The average molecular weight is 346 g/mol. The lowest BCUT2D eigenvalue weighted by molar-refractivity contribution is -0.155. The summed E-state index contributed by atoms with van der Waals surface area (Å²) < 4.78 is 6.50. The van der Waals surface area contributed by atoms with E-state index in [9.17, 15) is 4.79 Å². The van der Waals surface area contributed by atoms with Gasteiger partial charge in [-0.15, -0.1) is 0 Å². The maximum Gasteiger partial charge on any atom is 0.319 e. The number of hydrogen-bond acceptors (Lipinski definition) is 3. The molecular formula is C17H16BrNO2. The minimum atomic E-state index is -0.499. The second kappa shape index (κ2) is 4.95. The normalized spacial score (nSPS) is 19.5. The summed E-state index contributed by atoms with van der Waals surface area (Å²) in [5, 5.41) is 0. The van der Waals surface area contributed by atoms with E-state index in [1.165, 1.54) is 0 Å². The molecule has 3 nitrogen and oxygen atoms in total. The van der Waals surface area contributed by atoms with Crippen molar-refractivity contribution < 1.29 is 9.53 Å². The molecule has 108 valence electrons. The van der Waals surface area contributed by atoms with E-state index in [0.29, 0.717) is 0 Å². The van der Waals surface area contributed by atoms with Crippen LogP contribution in [0.5, 0.6) is 0 Å². The van der Waals surface area contributed by atoms with Crippen LogP contribution in [0.4, 0.5) is 5.69 Å². The lowest BCUT2D eigenvalue weighted by Crippen LogP contribution is -2.32. The number of rotatable bonds is 1. The third-order valence-electron chi connectivity index (χ3n) is 3.29. The molecule has 3 rings (SSSR count). The highest BCUT2D eigenvalue weighted by molar-refractivity contribution is 9.10. The molecule has 0 saturated carbocycles. The first-order valence-corrected chi connectivity index (χ1v) is 7.65. The number of ether oxygens (including phenoxy) is 1. The minimum Gasteiger partial charge on any atom is -0.459 e. The van der Waals surface area contributed by atoms with Gasteiger partial charge in [0.05, 0.1) is 11.4 Å². The average Bonchev–Trinajstić information content (AvgIpc) is 2.74. The van der Waals surface area contributed by atoms with Crippen LogP contribution < -0.4 is 0 Å². The number of allylic oxidation sites excluding steroid dienone is 3. The Hall–Kier alpha value is -1.68. The molecule has 2 aliphatic rings. The molecule has 0 spiro atoms. The van der Waals surface area contributed by atoms with Crippen molar-refractivity contribution in [1.29, 1.82) is 0 Å². The highest BCUT2D eigenvalue weighted by Gasteiger charge is 2.34. The highest BCUT2D eigenvalue weighted by Crippen LogP contribution is 2.40. The van der Waals surface area contributed by atoms with Crippen molar-refractivity contribution in [3.63, 3.8) is 0 Å². The minimum absolute atomic E-state index is 0.255. The molecule has 1 aromatic rings. The summed E-state index contributed by atoms with van der Waals surface area (Å²) in [7, 11) is 0. The number of nitrogens with zero attached hydrogens (tertiary/aromatic N) is 1. The van der Waals surface area contributed by atoms with Crippen LogP contribution in [0.2, 0.25) is 0 Å². The molecule has 1 aliphatic heterocycles. The van der Waals surface area contributed by atoms with Gasteiger partial charge in [0.2, 0.25) is 0 Å². The Morgan fingerprint density at radius 3 is 2.81 bits per heavy atom. The molecule has 0 radical (unpaired) electrons. The standard InChI is InChI=1S/C17H16BrNO2/c1-17(2,3)21-16(20)12-6-4-5-11-13-9-10(18)7-8-14(13)19-15(11)12/h4-9,12H,1-3H3. The van der Waals surface area contributed by atoms with Crippen molar-refractivity contribution in [3.05, 3.63) is 46.5 Å². The Morgan fingerprint density at radius 2 is 2.10 bits per heavy atom. The first kappa shape index (κ1) is 14.3. The molecule has 4 heteroatoms. The molecule has 0 fully saturated rings. The van der Waals surface area contributed by atoms with Crippen molar-refractivity contribution in [3.8, 4) is 0 Å². The Labute approximate surface area is 132 Å². The number of benzene rings is 1. The van der Waals surface area contributed by atoms with Crippen molar-refractivity contribution in [2.45, 2.75) is 26.4 Å². The summed E-state index contributed by atoms with van der Waals surface area (Å²) in [6, 6.07) is 5.94. The molecule has 0 bridgehead atoms. The lowest BCUT2D eigenvalue weighted by Gasteiger charge is -2.24. The Morgan fingerprint density at radius 1 is 1.33 bits per heavy atom.